The number of anilines is 1. The van der Waals surface area contributed by atoms with Crippen LogP contribution in [0, 0.1) is 6.92 Å². The number of aliphatic hydroxyl groups excluding tert-OH is 1. The molecule has 0 aliphatic heterocycles. The van der Waals surface area contributed by atoms with E-state index in [0.29, 0.717) is 10.6 Å². The Balaban J connectivity index is 3.28. The predicted molar refractivity (Wildman–Crippen MR) is 72.1 cm³/mol. The summed E-state index contributed by atoms with van der Waals surface area (Å²) in [6.45, 7) is 3.51. The number of sulfonamides is 1. The topological polar surface area (TPSA) is 83.6 Å². The van der Waals surface area contributed by atoms with Crippen molar-refractivity contribution in [1.29, 1.82) is 0 Å². The van der Waals surface area contributed by atoms with Crippen molar-refractivity contribution in [2.24, 2.45) is 0 Å². The van der Waals surface area contributed by atoms with E-state index in [1.165, 1.54) is 16.4 Å². The Morgan fingerprint density at radius 2 is 2.06 bits per heavy atom. The van der Waals surface area contributed by atoms with Crippen LogP contribution in [0.25, 0.3) is 0 Å². The molecule has 1 aromatic carbocycles. The largest absolute Gasteiger partial charge is 0.397 e. The van der Waals surface area contributed by atoms with Crippen LogP contribution in [0.4, 0.5) is 5.69 Å². The van der Waals surface area contributed by atoms with Crippen LogP contribution in [0.3, 0.4) is 0 Å². The molecule has 7 heteroatoms. The molecule has 18 heavy (non-hydrogen) atoms. The van der Waals surface area contributed by atoms with E-state index in [2.05, 4.69) is 0 Å². The Morgan fingerprint density at radius 1 is 1.44 bits per heavy atom. The Hall–Kier alpha value is -0.820. The minimum atomic E-state index is -3.64. The number of likely N-dealkylation sites (N-methyl/N-ethyl adjacent to an activating group) is 1. The summed E-state index contributed by atoms with van der Waals surface area (Å²) in [4.78, 5) is 0.0946. The third-order valence-electron chi connectivity index (χ3n) is 2.60. The summed E-state index contributed by atoms with van der Waals surface area (Å²) in [6.07, 6.45) is 0. The number of nitrogens with zero attached hydrogens (tertiary/aromatic N) is 1. The van der Waals surface area contributed by atoms with E-state index in [0.717, 1.165) is 0 Å². The molecule has 0 heterocycles. The standard InChI is InChI=1S/C11H17ClN2O3S/c1-3-14(4-5-15)18(16,17)9-6-8(2)11(12)10(13)7-9/h6-7,15H,3-5,13H2,1-2H3. The average Bonchev–Trinajstić information content (AvgIpc) is 2.31. The van der Waals surface area contributed by atoms with Gasteiger partial charge in [0.25, 0.3) is 0 Å². The highest BCUT2D eigenvalue weighted by Crippen LogP contribution is 2.28. The Kier molecular flexibility index (Phi) is 4.98. The van der Waals surface area contributed by atoms with Crippen LogP contribution in [-0.4, -0.2) is 37.5 Å². The summed E-state index contributed by atoms with van der Waals surface area (Å²) in [5.74, 6) is 0. The maximum absolute atomic E-state index is 12.3. The van der Waals surface area contributed by atoms with E-state index in [9.17, 15) is 8.42 Å². The summed E-state index contributed by atoms with van der Waals surface area (Å²) >= 11 is 5.90. The summed E-state index contributed by atoms with van der Waals surface area (Å²) in [6, 6.07) is 2.82. The van der Waals surface area contributed by atoms with Gasteiger partial charge in [0.05, 0.1) is 22.2 Å². The molecule has 0 aliphatic carbocycles. The van der Waals surface area contributed by atoms with Crippen LogP contribution in [0.15, 0.2) is 17.0 Å². The number of nitrogen functional groups attached to an aromatic ring is 1. The van der Waals surface area contributed by atoms with Crippen molar-refractivity contribution < 1.29 is 13.5 Å². The Morgan fingerprint density at radius 3 is 2.50 bits per heavy atom. The molecule has 0 fully saturated rings. The van der Waals surface area contributed by atoms with Crippen LogP contribution in [0.1, 0.15) is 12.5 Å². The summed E-state index contributed by atoms with van der Waals surface area (Å²) in [5.41, 5.74) is 6.51. The average molecular weight is 293 g/mol. The molecule has 0 saturated heterocycles. The lowest BCUT2D eigenvalue weighted by Crippen LogP contribution is -2.33. The zero-order valence-electron chi connectivity index (χ0n) is 10.4. The molecule has 102 valence electrons. The maximum atomic E-state index is 12.3. The number of aliphatic hydroxyl groups is 1. The van der Waals surface area contributed by atoms with E-state index in [1.807, 2.05) is 0 Å². The number of hydrogen-bond donors (Lipinski definition) is 2. The lowest BCUT2D eigenvalue weighted by molar-refractivity contribution is 0.257. The minimum absolute atomic E-state index is 0.0560. The second-order valence-electron chi connectivity index (χ2n) is 3.86. The van der Waals surface area contributed by atoms with Crippen LogP contribution in [0.5, 0.6) is 0 Å². The van der Waals surface area contributed by atoms with E-state index < -0.39 is 10.0 Å². The number of rotatable bonds is 5. The molecule has 0 atom stereocenters. The Labute approximate surface area is 112 Å². The van der Waals surface area contributed by atoms with Gasteiger partial charge in [0.1, 0.15) is 0 Å². The first-order chi connectivity index (χ1) is 8.34. The summed E-state index contributed by atoms with van der Waals surface area (Å²) in [5, 5.41) is 9.24. The number of hydrogen-bond acceptors (Lipinski definition) is 4. The molecule has 1 rings (SSSR count). The molecule has 0 aliphatic rings. The molecule has 0 bridgehead atoms. The number of aryl methyl sites for hydroxylation is 1. The third kappa shape index (κ3) is 2.95. The van der Waals surface area contributed by atoms with Crippen LogP contribution in [0.2, 0.25) is 5.02 Å². The van der Waals surface area contributed by atoms with E-state index in [-0.39, 0.29) is 30.3 Å². The third-order valence-corrected chi connectivity index (χ3v) is 5.06. The van der Waals surface area contributed by atoms with Crippen molar-refractivity contribution in [1.82, 2.24) is 4.31 Å². The molecule has 0 aromatic heterocycles. The minimum Gasteiger partial charge on any atom is -0.397 e. The van der Waals surface area contributed by atoms with Gasteiger partial charge in [-0.1, -0.05) is 18.5 Å². The van der Waals surface area contributed by atoms with Crippen molar-refractivity contribution in [3.63, 3.8) is 0 Å². The van der Waals surface area contributed by atoms with Crippen molar-refractivity contribution in [3.8, 4) is 0 Å². The second kappa shape index (κ2) is 5.88. The smallest absolute Gasteiger partial charge is 0.243 e. The fourth-order valence-corrected chi connectivity index (χ4v) is 3.29. The van der Waals surface area contributed by atoms with Gasteiger partial charge in [0, 0.05) is 13.1 Å². The van der Waals surface area contributed by atoms with Gasteiger partial charge in [-0.05, 0) is 24.6 Å². The van der Waals surface area contributed by atoms with Gasteiger partial charge in [-0.2, -0.15) is 4.31 Å². The van der Waals surface area contributed by atoms with Gasteiger partial charge < -0.3 is 10.8 Å². The van der Waals surface area contributed by atoms with E-state index >= 15 is 0 Å². The molecule has 3 N–H and O–H groups in total. The predicted octanol–water partition coefficient (Wildman–Crippen LogP) is 1.23. The first-order valence-electron chi connectivity index (χ1n) is 5.51. The molecule has 1 aromatic rings. The molecular formula is C11H17ClN2O3S. The number of benzene rings is 1. The lowest BCUT2D eigenvalue weighted by Gasteiger charge is -2.20. The van der Waals surface area contributed by atoms with Gasteiger partial charge >= 0.3 is 0 Å². The molecule has 0 amide bonds. The monoisotopic (exact) mass is 292 g/mol. The van der Waals surface area contributed by atoms with Crippen LogP contribution >= 0.6 is 11.6 Å². The highest BCUT2D eigenvalue weighted by molar-refractivity contribution is 7.89. The van der Waals surface area contributed by atoms with Gasteiger partial charge in [0.15, 0.2) is 0 Å². The summed E-state index contributed by atoms with van der Waals surface area (Å²) in [7, 11) is -3.64. The maximum Gasteiger partial charge on any atom is 0.243 e. The first kappa shape index (κ1) is 15.2. The molecule has 0 spiro atoms. The van der Waals surface area contributed by atoms with Crippen molar-refractivity contribution in [3.05, 3.63) is 22.7 Å². The lowest BCUT2D eigenvalue weighted by atomic mass is 10.2. The first-order valence-corrected chi connectivity index (χ1v) is 7.33. The summed E-state index contributed by atoms with van der Waals surface area (Å²) < 4.78 is 25.8. The molecule has 5 nitrogen and oxygen atoms in total. The van der Waals surface area contributed by atoms with Gasteiger partial charge in [-0.25, -0.2) is 8.42 Å². The fraction of sp³-hybridized carbons (Fsp3) is 0.455. The zero-order valence-corrected chi connectivity index (χ0v) is 11.9. The van der Waals surface area contributed by atoms with Crippen molar-refractivity contribution >= 4 is 27.3 Å². The second-order valence-corrected chi connectivity index (χ2v) is 6.18. The van der Waals surface area contributed by atoms with E-state index in [4.69, 9.17) is 22.4 Å². The molecule has 0 saturated carbocycles. The van der Waals surface area contributed by atoms with Gasteiger partial charge in [0.2, 0.25) is 10.0 Å². The van der Waals surface area contributed by atoms with Crippen molar-refractivity contribution in [2.45, 2.75) is 18.7 Å². The normalized spacial score (nSPS) is 12.1. The van der Waals surface area contributed by atoms with E-state index in [1.54, 1.807) is 13.8 Å². The fourth-order valence-electron chi connectivity index (χ4n) is 1.62. The SMILES string of the molecule is CCN(CCO)S(=O)(=O)c1cc(C)c(Cl)c(N)c1. The molecular weight excluding hydrogens is 276 g/mol. The molecule has 0 unspecified atom stereocenters. The van der Waals surface area contributed by atoms with Crippen LogP contribution < -0.4 is 5.73 Å². The zero-order chi connectivity index (χ0) is 13.9. The quantitative estimate of drug-likeness (QED) is 0.800. The Bertz CT molecular complexity index is 508. The molecule has 0 radical (unpaired) electrons. The van der Waals surface area contributed by atoms with Crippen LogP contribution in [-0.2, 0) is 10.0 Å². The number of halogens is 1. The highest BCUT2D eigenvalue weighted by atomic mass is 35.5. The number of nitrogens with two attached hydrogens (primary N) is 1. The highest BCUT2D eigenvalue weighted by Gasteiger charge is 2.23. The van der Waals surface area contributed by atoms with Crippen molar-refractivity contribution in [2.75, 3.05) is 25.4 Å². The van der Waals surface area contributed by atoms with Gasteiger partial charge in [-0.3, -0.25) is 0 Å². The van der Waals surface area contributed by atoms with Gasteiger partial charge in [-0.15, -0.1) is 0 Å².